The Morgan fingerprint density at radius 2 is 1.85 bits per heavy atom. The van der Waals surface area contributed by atoms with Gasteiger partial charge in [-0.3, -0.25) is 19.8 Å². The van der Waals surface area contributed by atoms with Crippen LogP contribution in [-0.4, -0.2) is 108 Å². The normalized spacial score (nSPS) is 19.4. The van der Waals surface area contributed by atoms with E-state index in [2.05, 4.69) is 72.9 Å². The number of likely N-dealkylation sites (tertiary alicyclic amines) is 1. The number of piperidine rings is 1. The smallest absolute Gasteiger partial charge is 0.312 e. The number of nitrogens with one attached hydrogen (secondary N) is 3. The molecule has 71 heavy (non-hydrogen) atoms. The first-order valence-electron chi connectivity index (χ1n) is 24.8. The summed E-state index contributed by atoms with van der Waals surface area (Å²) in [6.07, 6.45) is 9.64. The minimum atomic E-state index is -4.75. The number of aliphatic hydroxyl groups is 1. The first-order valence-corrected chi connectivity index (χ1v) is 26.3. The summed E-state index contributed by atoms with van der Waals surface area (Å²) >= 11 is 0. The maximum atomic E-state index is 15.0. The van der Waals surface area contributed by atoms with Gasteiger partial charge in [-0.05, 0) is 106 Å². The first-order chi connectivity index (χ1) is 33.9. The molecule has 2 aliphatic heterocycles. The van der Waals surface area contributed by atoms with Gasteiger partial charge in [0, 0.05) is 76.0 Å². The fraction of sp³-hybridized carbons (Fsp3) is 0.519. The number of amides is 1. The molecule has 382 valence electrons. The predicted molar refractivity (Wildman–Crippen MR) is 270 cm³/mol. The number of carbonyl (C=O) groups is 1. The van der Waals surface area contributed by atoms with Crippen molar-refractivity contribution in [3.63, 3.8) is 0 Å². The lowest BCUT2D eigenvalue weighted by molar-refractivity contribution is -0.384. The highest BCUT2D eigenvalue weighted by Crippen LogP contribution is 2.49. The molecule has 5 aromatic rings. The van der Waals surface area contributed by atoms with Crippen molar-refractivity contribution in [3.05, 3.63) is 99.6 Å². The molecule has 0 bridgehead atoms. The van der Waals surface area contributed by atoms with E-state index in [0.717, 1.165) is 63.2 Å². The SMILES string of the molecule is CC[C@@](C)(O)CCCCNc1ncc(S(=O)(=O)NC(=O)c2ccc(N3CCC4(CC3)CN([C@@H]3CCC[C@@H]3c3ccccc3C(C)C)C4)cc2Oc2cc3c(F)c[nH]c3nc2OC[C@H](C)OC)cc1[N+](=O)[O-]. The molecule has 17 nitrogen and oxygen atoms in total. The summed E-state index contributed by atoms with van der Waals surface area (Å²) in [5.41, 5.74) is 2.44. The van der Waals surface area contributed by atoms with E-state index in [1.165, 1.54) is 49.6 Å². The van der Waals surface area contributed by atoms with Crippen molar-refractivity contribution < 1.29 is 41.8 Å². The van der Waals surface area contributed by atoms with Crippen molar-refractivity contribution >= 4 is 44.2 Å². The monoisotopic (exact) mass is 998 g/mol. The van der Waals surface area contributed by atoms with Crippen LogP contribution in [0.2, 0.25) is 0 Å². The molecule has 1 aliphatic carbocycles. The lowest BCUT2D eigenvalue weighted by atomic mass is 9.70. The number of halogens is 1. The van der Waals surface area contributed by atoms with Crippen molar-refractivity contribution in [2.24, 2.45) is 5.41 Å². The van der Waals surface area contributed by atoms with Gasteiger partial charge >= 0.3 is 5.69 Å². The van der Waals surface area contributed by atoms with Gasteiger partial charge in [0.15, 0.2) is 5.75 Å². The molecule has 0 unspecified atom stereocenters. The van der Waals surface area contributed by atoms with Gasteiger partial charge < -0.3 is 34.5 Å². The number of aromatic nitrogens is 3. The Balaban J connectivity index is 1.02. The number of anilines is 2. The molecule has 2 aromatic carbocycles. The summed E-state index contributed by atoms with van der Waals surface area (Å²) in [7, 11) is -3.22. The molecule has 1 saturated carbocycles. The van der Waals surface area contributed by atoms with Crippen LogP contribution in [-0.2, 0) is 14.8 Å². The molecular weight excluding hydrogens is 932 g/mol. The highest BCUT2D eigenvalue weighted by atomic mass is 32.2. The molecule has 3 fully saturated rings. The third-order valence-corrected chi connectivity index (χ3v) is 16.1. The molecular formula is C52H67FN8O9S. The van der Waals surface area contributed by atoms with Gasteiger partial charge in [-0.25, -0.2) is 22.5 Å². The fourth-order valence-corrected chi connectivity index (χ4v) is 11.3. The Hall–Kier alpha value is -5.89. The van der Waals surface area contributed by atoms with E-state index in [9.17, 15) is 28.4 Å². The molecule has 19 heteroatoms. The number of aromatic amines is 1. The van der Waals surface area contributed by atoms with Crippen molar-refractivity contribution in [2.45, 2.75) is 127 Å². The molecule has 2 saturated heterocycles. The summed E-state index contributed by atoms with van der Waals surface area (Å²) in [6.45, 7) is 13.9. The van der Waals surface area contributed by atoms with Gasteiger partial charge in [0.25, 0.3) is 21.8 Å². The van der Waals surface area contributed by atoms with Gasteiger partial charge in [0.1, 0.15) is 28.7 Å². The summed E-state index contributed by atoms with van der Waals surface area (Å²) in [4.78, 5) is 41.2. The third-order valence-electron chi connectivity index (χ3n) is 14.8. The zero-order valence-electron chi connectivity index (χ0n) is 41.5. The fourth-order valence-electron chi connectivity index (χ4n) is 10.3. The predicted octanol–water partition coefficient (Wildman–Crippen LogP) is 9.44. The summed E-state index contributed by atoms with van der Waals surface area (Å²) in [5.74, 6) is -0.964. The summed E-state index contributed by atoms with van der Waals surface area (Å²) in [6, 6.07) is 16.5. The van der Waals surface area contributed by atoms with E-state index >= 15 is 4.39 Å². The second-order valence-electron chi connectivity index (χ2n) is 20.2. The highest BCUT2D eigenvalue weighted by molar-refractivity contribution is 7.90. The van der Waals surface area contributed by atoms with Crippen LogP contribution in [0.4, 0.5) is 21.6 Å². The number of H-pyrrole nitrogens is 1. The Labute approximate surface area is 415 Å². The minimum absolute atomic E-state index is 0.0285. The van der Waals surface area contributed by atoms with Gasteiger partial charge in [0.05, 0.1) is 33.8 Å². The number of methoxy groups -OCH3 is 1. The number of rotatable bonds is 21. The number of hydrogen-bond acceptors (Lipinski definition) is 14. The maximum Gasteiger partial charge on any atom is 0.312 e. The second-order valence-corrected chi connectivity index (χ2v) is 21.9. The highest BCUT2D eigenvalue weighted by Gasteiger charge is 2.49. The van der Waals surface area contributed by atoms with E-state index in [4.69, 9.17) is 14.2 Å². The quantitative estimate of drug-likeness (QED) is 0.0306. The average molecular weight is 999 g/mol. The average Bonchev–Trinajstić information content (AvgIpc) is 3.98. The Kier molecular flexibility index (Phi) is 15.5. The van der Waals surface area contributed by atoms with Gasteiger partial charge in [-0.1, -0.05) is 51.5 Å². The Bertz CT molecular complexity index is 2820. The number of pyridine rings is 2. The molecule has 1 spiro atoms. The molecule has 8 rings (SSSR count). The molecule has 5 heterocycles. The summed E-state index contributed by atoms with van der Waals surface area (Å²) in [5, 5.41) is 25.4. The molecule has 1 amide bonds. The zero-order chi connectivity index (χ0) is 50.7. The van der Waals surface area contributed by atoms with E-state index in [-0.39, 0.29) is 57.9 Å². The van der Waals surface area contributed by atoms with Crippen LogP contribution in [0, 0.1) is 21.3 Å². The zero-order valence-corrected chi connectivity index (χ0v) is 42.3. The number of nitro groups is 1. The van der Waals surface area contributed by atoms with E-state index < -0.39 is 42.9 Å². The second kappa shape index (κ2) is 21.4. The largest absolute Gasteiger partial charge is 0.472 e. The van der Waals surface area contributed by atoms with E-state index in [0.29, 0.717) is 50.1 Å². The lowest BCUT2D eigenvalue weighted by Gasteiger charge is -2.57. The van der Waals surface area contributed by atoms with Crippen molar-refractivity contribution in [3.8, 4) is 17.4 Å². The van der Waals surface area contributed by atoms with Crippen molar-refractivity contribution in [1.29, 1.82) is 0 Å². The van der Waals surface area contributed by atoms with Gasteiger partial charge in [-0.15, -0.1) is 0 Å². The Morgan fingerprint density at radius 1 is 1.08 bits per heavy atom. The third kappa shape index (κ3) is 11.6. The van der Waals surface area contributed by atoms with E-state index in [1.807, 2.05) is 6.92 Å². The van der Waals surface area contributed by atoms with Gasteiger partial charge in [-0.2, -0.15) is 4.98 Å². The molecule has 3 aliphatic rings. The number of carbonyl (C=O) groups excluding carboxylic acids is 1. The van der Waals surface area contributed by atoms with Crippen LogP contribution in [0.1, 0.15) is 126 Å². The van der Waals surface area contributed by atoms with E-state index in [1.54, 1.807) is 26.0 Å². The lowest BCUT2D eigenvalue weighted by Crippen LogP contribution is -2.63. The number of hydrogen-bond donors (Lipinski definition) is 4. The van der Waals surface area contributed by atoms with Crippen molar-refractivity contribution in [1.82, 2.24) is 24.6 Å². The van der Waals surface area contributed by atoms with Crippen molar-refractivity contribution in [2.75, 3.05) is 56.7 Å². The molecule has 4 atom stereocenters. The number of unbranched alkanes of at least 4 members (excludes halogenated alkanes) is 1. The van der Waals surface area contributed by atoms with Crippen LogP contribution in [0.3, 0.4) is 0 Å². The number of sulfonamides is 1. The molecule has 0 radical (unpaired) electrons. The van der Waals surface area contributed by atoms with Crippen LogP contribution in [0.5, 0.6) is 17.4 Å². The number of benzene rings is 2. The number of nitrogens with zero attached hydrogens (tertiary/aromatic N) is 5. The summed E-state index contributed by atoms with van der Waals surface area (Å²) < 4.78 is 62.6. The van der Waals surface area contributed by atoms with Crippen LogP contribution >= 0.6 is 0 Å². The Morgan fingerprint density at radius 3 is 2.56 bits per heavy atom. The minimum Gasteiger partial charge on any atom is -0.472 e. The number of fused-ring (bicyclic) bond motifs is 1. The standard InChI is InChI=1S/C52H67FN8O9S/c1-7-51(5,63)19-10-11-22-54-48-44(61(64)65)26-36(28-55-48)71(66,67)58-49(62)40-18-17-35(25-45(40)70-46-27-41-42(53)29-56-47(41)57-50(46)69-30-34(4)68-6)59-23-20-52(21-24-59)31-60(32-52)43-16-12-15-39(43)38-14-9-8-13-37(38)33(2)3/h8-9,13-14,17-18,25-29,33-34,39,43,63H,7,10-12,15-16,19-24,30-32H2,1-6H3,(H,54,55)(H,56,57)(H,58,62)/t34-,39+,43+,51+/m0/s1. The topological polar surface area (TPSA) is 214 Å². The van der Waals surface area contributed by atoms with Crippen LogP contribution < -0.4 is 24.4 Å². The first kappa shape index (κ1) is 51.5. The van der Waals surface area contributed by atoms with Crippen LogP contribution in [0.25, 0.3) is 11.0 Å². The maximum absolute atomic E-state index is 15.0. The molecule has 3 aromatic heterocycles. The van der Waals surface area contributed by atoms with Gasteiger partial charge in [0.2, 0.25) is 5.82 Å². The number of ether oxygens (including phenoxy) is 3. The van der Waals surface area contributed by atoms with Crippen LogP contribution in [0.15, 0.2) is 71.9 Å². The molecule has 4 N–H and O–H groups in total.